The molecule has 0 spiro atoms. The molecule has 2 heterocycles. The van der Waals surface area contributed by atoms with Gasteiger partial charge in [-0.3, -0.25) is 9.89 Å². The van der Waals surface area contributed by atoms with E-state index in [0.29, 0.717) is 43.9 Å². The Morgan fingerprint density at radius 2 is 2.12 bits per heavy atom. The van der Waals surface area contributed by atoms with E-state index < -0.39 is 10.0 Å². The van der Waals surface area contributed by atoms with E-state index in [1.165, 1.54) is 4.31 Å². The number of halogens is 1. The lowest BCUT2D eigenvalue weighted by Gasteiger charge is -2.31. The molecule has 1 amide bonds. The molecule has 1 aliphatic rings. The average molecular weight is 394 g/mol. The number of sulfonamides is 1. The van der Waals surface area contributed by atoms with Crippen molar-refractivity contribution in [3.8, 4) is 0 Å². The van der Waals surface area contributed by atoms with Gasteiger partial charge in [-0.25, -0.2) is 8.42 Å². The van der Waals surface area contributed by atoms with Crippen molar-refractivity contribution in [3.63, 3.8) is 0 Å². The summed E-state index contributed by atoms with van der Waals surface area (Å²) in [5.74, 6) is -0.383. The van der Waals surface area contributed by atoms with Crippen molar-refractivity contribution in [2.24, 2.45) is 11.7 Å². The van der Waals surface area contributed by atoms with Gasteiger partial charge in [0.2, 0.25) is 15.9 Å². The molecule has 1 saturated heterocycles. The van der Waals surface area contributed by atoms with Crippen molar-refractivity contribution in [1.82, 2.24) is 19.8 Å². The summed E-state index contributed by atoms with van der Waals surface area (Å²) < 4.78 is 27.2. The van der Waals surface area contributed by atoms with E-state index >= 15 is 0 Å². The predicted octanol–water partition coefficient (Wildman–Crippen LogP) is 0.704. The third-order valence-corrected chi connectivity index (χ3v) is 6.47. The predicted molar refractivity (Wildman–Crippen MR) is 98.1 cm³/mol. The highest BCUT2D eigenvalue weighted by atomic mass is 35.5. The molecule has 0 aliphatic carbocycles. The molecule has 0 bridgehead atoms. The lowest BCUT2D eigenvalue weighted by Crippen LogP contribution is -2.45. The first-order chi connectivity index (χ1) is 11.4. The van der Waals surface area contributed by atoms with E-state index in [4.69, 9.17) is 5.73 Å². The highest BCUT2D eigenvalue weighted by molar-refractivity contribution is 7.89. The number of amides is 1. The van der Waals surface area contributed by atoms with Crippen LogP contribution in [0.2, 0.25) is 0 Å². The van der Waals surface area contributed by atoms with E-state index in [9.17, 15) is 13.2 Å². The van der Waals surface area contributed by atoms with Crippen molar-refractivity contribution >= 4 is 28.3 Å². The van der Waals surface area contributed by atoms with Gasteiger partial charge in [-0.05, 0) is 46.1 Å². The summed E-state index contributed by atoms with van der Waals surface area (Å²) in [6.07, 6.45) is 3.09. The quantitative estimate of drug-likeness (QED) is 0.589. The van der Waals surface area contributed by atoms with Crippen LogP contribution in [0.15, 0.2) is 4.90 Å². The number of hydrogen-bond acceptors (Lipinski definition) is 5. The van der Waals surface area contributed by atoms with Gasteiger partial charge in [-0.2, -0.15) is 9.40 Å². The number of rotatable bonds is 7. The fraction of sp³-hybridized carbons (Fsp3) is 0.733. The Hall–Kier alpha value is -1.16. The van der Waals surface area contributed by atoms with Crippen molar-refractivity contribution in [2.75, 3.05) is 26.2 Å². The Kier molecular flexibility index (Phi) is 8.33. The second-order valence-electron chi connectivity index (χ2n) is 6.25. The number of unbranched alkanes of at least 4 members (excludes halogenated alkanes) is 1. The maximum Gasteiger partial charge on any atom is 0.246 e. The van der Waals surface area contributed by atoms with Crippen molar-refractivity contribution < 1.29 is 13.2 Å². The van der Waals surface area contributed by atoms with Crippen LogP contribution >= 0.6 is 12.4 Å². The van der Waals surface area contributed by atoms with Gasteiger partial charge in [0.15, 0.2) is 0 Å². The fourth-order valence-corrected chi connectivity index (χ4v) is 4.91. The lowest BCUT2D eigenvalue weighted by molar-refractivity contribution is -0.126. The van der Waals surface area contributed by atoms with Gasteiger partial charge < -0.3 is 11.1 Å². The van der Waals surface area contributed by atoms with Gasteiger partial charge in [-0.1, -0.05) is 0 Å². The van der Waals surface area contributed by atoms with Gasteiger partial charge in [-0.15, -0.1) is 12.4 Å². The Balaban J connectivity index is 0.00000312. The number of aromatic nitrogens is 2. The number of aryl methyl sites for hydroxylation is 2. The monoisotopic (exact) mass is 393 g/mol. The standard InChI is InChI=1S/C15H27N5O3S.ClH/c1-11-14(12(2)19-18-11)24(22,23)20-9-5-6-13(10-20)15(21)17-8-4-3-7-16;/h13H,3-10,16H2,1-2H3,(H,17,21)(H,18,19);1H. The molecule has 1 unspecified atom stereocenters. The molecule has 144 valence electrons. The second-order valence-corrected chi connectivity index (χ2v) is 8.13. The molecule has 10 heteroatoms. The van der Waals surface area contributed by atoms with Gasteiger partial charge >= 0.3 is 0 Å². The molecular weight excluding hydrogens is 366 g/mol. The molecule has 1 atom stereocenters. The molecule has 1 fully saturated rings. The number of H-pyrrole nitrogens is 1. The minimum absolute atomic E-state index is 0. The third kappa shape index (κ3) is 5.16. The molecule has 1 aromatic rings. The number of aromatic amines is 1. The first-order valence-electron chi connectivity index (χ1n) is 8.37. The van der Waals surface area contributed by atoms with Gasteiger partial charge in [0.25, 0.3) is 0 Å². The van der Waals surface area contributed by atoms with Crippen LogP contribution in [0.4, 0.5) is 0 Å². The SMILES string of the molecule is Cc1n[nH]c(C)c1S(=O)(=O)N1CCCC(C(=O)NCCCCN)C1.Cl. The molecule has 0 aromatic carbocycles. The zero-order valence-electron chi connectivity index (χ0n) is 14.7. The first kappa shape index (κ1) is 21.9. The fourth-order valence-electron chi connectivity index (χ4n) is 3.05. The summed E-state index contributed by atoms with van der Waals surface area (Å²) in [6.45, 7) is 5.20. The Morgan fingerprint density at radius 1 is 1.40 bits per heavy atom. The van der Waals surface area contributed by atoms with E-state index in [1.54, 1.807) is 13.8 Å². The Bertz CT molecular complexity index is 657. The van der Waals surface area contributed by atoms with E-state index in [0.717, 1.165) is 12.8 Å². The average Bonchev–Trinajstić information content (AvgIpc) is 2.91. The van der Waals surface area contributed by atoms with Crippen LogP contribution in [-0.4, -0.2) is 55.0 Å². The minimum atomic E-state index is -3.63. The number of piperidine rings is 1. The summed E-state index contributed by atoms with van der Waals surface area (Å²) in [4.78, 5) is 12.5. The summed E-state index contributed by atoms with van der Waals surface area (Å²) in [7, 11) is -3.63. The second kappa shape index (κ2) is 9.51. The number of carbonyl (C=O) groups is 1. The van der Waals surface area contributed by atoms with Gasteiger partial charge in [0.05, 0.1) is 17.3 Å². The maximum absolute atomic E-state index is 12.9. The highest BCUT2D eigenvalue weighted by Crippen LogP contribution is 2.26. The normalized spacial score (nSPS) is 18.6. The molecule has 2 rings (SSSR count). The molecule has 8 nitrogen and oxygen atoms in total. The third-order valence-electron chi connectivity index (χ3n) is 4.34. The molecule has 0 saturated carbocycles. The Morgan fingerprint density at radius 3 is 2.72 bits per heavy atom. The van der Waals surface area contributed by atoms with E-state index in [-0.39, 0.29) is 35.7 Å². The van der Waals surface area contributed by atoms with Crippen molar-refractivity contribution in [3.05, 3.63) is 11.4 Å². The largest absolute Gasteiger partial charge is 0.356 e. The van der Waals surface area contributed by atoms with E-state index in [2.05, 4.69) is 15.5 Å². The van der Waals surface area contributed by atoms with Crippen LogP contribution in [0.1, 0.15) is 37.1 Å². The number of nitrogens with two attached hydrogens (primary N) is 1. The summed E-state index contributed by atoms with van der Waals surface area (Å²) >= 11 is 0. The summed E-state index contributed by atoms with van der Waals surface area (Å²) in [5.41, 5.74) is 6.42. The van der Waals surface area contributed by atoms with Crippen LogP contribution in [0.5, 0.6) is 0 Å². The Labute approximate surface area is 155 Å². The van der Waals surface area contributed by atoms with Crippen LogP contribution in [0, 0.1) is 19.8 Å². The molecule has 1 aromatic heterocycles. The highest BCUT2D eigenvalue weighted by Gasteiger charge is 2.35. The van der Waals surface area contributed by atoms with Crippen LogP contribution < -0.4 is 11.1 Å². The van der Waals surface area contributed by atoms with Gasteiger partial charge in [0, 0.05) is 19.6 Å². The smallest absolute Gasteiger partial charge is 0.246 e. The van der Waals surface area contributed by atoms with Crippen molar-refractivity contribution in [1.29, 1.82) is 0 Å². The zero-order valence-corrected chi connectivity index (χ0v) is 16.4. The van der Waals surface area contributed by atoms with Gasteiger partial charge in [0.1, 0.15) is 4.90 Å². The molecule has 25 heavy (non-hydrogen) atoms. The minimum Gasteiger partial charge on any atom is -0.356 e. The van der Waals surface area contributed by atoms with Crippen LogP contribution in [-0.2, 0) is 14.8 Å². The zero-order chi connectivity index (χ0) is 17.7. The number of hydrogen-bond donors (Lipinski definition) is 3. The van der Waals surface area contributed by atoms with Crippen LogP contribution in [0.25, 0.3) is 0 Å². The maximum atomic E-state index is 12.9. The summed E-state index contributed by atoms with van der Waals surface area (Å²) in [5, 5.41) is 9.56. The van der Waals surface area contributed by atoms with Crippen molar-refractivity contribution in [2.45, 2.75) is 44.4 Å². The lowest BCUT2D eigenvalue weighted by atomic mass is 9.99. The topological polar surface area (TPSA) is 121 Å². The number of nitrogens with zero attached hydrogens (tertiary/aromatic N) is 2. The van der Waals surface area contributed by atoms with Crippen LogP contribution in [0.3, 0.4) is 0 Å². The molecule has 4 N–H and O–H groups in total. The molecule has 1 aliphatic heterocycles. The number of carbonyl (C=O) groups excluding carboxylic acids is 1. The first-order valence-corrected chi connectivity index (χ1v) is 9.81. The molecular formula is C15H28ClN5O3S. The van der Waals surface area contributed by atoms with E-state index in [1.807, 2.05) is 0 Å². The number of nitrogens with one attached hydrogen (secondary N) is 2. The summed E-state index contributed by atoms with van der Waals surface area (Å²) in [6, 6.07) is 0. The molecule has 0 radical (unpaired) electrons.